The summed E-state index contributed by atoms with van der Waals surface area (Å²) in [6.45, 7) is 0. The van der Waals surface area contributed by atoms with Crippen LogP contribution in [0.15, 0.2) is 72.8 Å². The van der Waals surface area contributed by atoms with Crippen molar-refractivity contribution >= 4 is 28.9 Å². The summed E-state index contributed by atoms with van der Waals surface area (Å²) in [6.07, 6.45) is 0. The fraction of sp³-hybridized carbons (Fsp3) is 0.0476. The summed E-state index contributed by atoms with van der Waals surface area (Å²) in [5.74, 6) is -0.130. The quantitative estimate of drug-likeness (QED) is 0.603. The highest BCUT2D eigenvalue weighted by molar-refractivity contribution is 6.12. The third-order valence-electron chi connectivity index (χ3n) is 3.95. The average molecular weight is 361 g/mol. The molecule has 27 heavy (non-hydrogen) atoms. The number of methoxy groups -OCH3 is 1. The molecule has 0 fully saturated rings. The first kappa shape index (κ1) is 18.0. The van der Waals surface area contributed by atoms with E-state index in [9.17, 15) is 9.59 Å². The largest absolute Gasteiger partial charge is 0.495 e. The van der Waals surface area contributed by atoms with Crippen LogP contribution in [-0.2, 0) is 0 Å². The lowest BCUT2D eigenvalue weighted by Gasteiger charge is -2.13. The Morgan fingerprint density at radius 2 is 1.37 bits per heavy atom. The zero-order chi connectivity index (χ0) is 19.2. The van der Waals surface area contributed by atoms with Gasteiger partial charge >= 0.3 is 0 Å². The number of nitrogens with one attached hydrogen (secondary N) is 2. The van der Waals surface area contributed by atoms with Crippen molar-refractivity contribution in [3.8, 4) is 5.75 Å². The summed E-state index contributed by atoms with van der Waals surface area (Å²) in [6, 6.07) is 20.5. The van der Waals surface area contributed by atoms with Crippen LogP contribution in [0.5, 0.6) is 5.75 Å². The summed E-state index contributed by atoms with van der Waals surface area (Å²) >= 11 is 0. The highest BCUT2D eigenvalue weighted by Gasteiger charge is 2.15. The normalized spacial score (nSPS) is 10.1. The molecule has 0 heterocycles. The van der Waals surface area contributed by atoms with E-state index in [1.807, 2.05) is 6.07 Å². The molecule has 0 spiro atoms. The highest BCUT2D eigenvalue weighted by Crippen LogP contribution is 2.25. The Morgan fingerprint density at radius 3 is 2.07 bits per heavy atom. The van der Waals surface area contributed by atoms with Gasteiger partial charge in [-0.15, -0.1) is 0 Å². The molecule has 0 radical (unpaired) electrons. The zero-order valence-corrected chi connectivity index (χ0v) is 14.7. The van der Waals surface area contributed by atoms with Crippen LogP contribution in [0.25, 0.3) is 0 Å². The molecule has 6 heteroatoms. The number of para-hydroxylation sites is 3. The van der Waals surface area contributed by atoms with Gasteiger partial charge in [0.2, 0.25) is 0 Å². The molecule has 3 aromatic rings. The van der Waals surface area contributed by atoms with E-state index in [1.54, 1.807) is 66.7 Å². The Labute approximate surface area is 157 Å². The topological polar surface area (TPSA) is 93.5 Å². The van der Waals surface area contributed by atoms with Crippen molar-refractivity contribution in [2.75, 3.05) is 23.5 Å². The van der Waals surface area contributed by atoms with Crippen molar-refractivity contribution in [2.24, 2.45) is 0 Å². The number of amides is 2. The van der Waals surface area contributed by atoms with Gasteiger partial charge in [-0.2, -0.15) is 0 Å². The summed E-state index contributed by atoms with van der Waals surface area (Å²) in [5, 5.41) is 5.58. The molecule has 0 aliphatic carbocycles. The lowest BCUT2D eigenvalue weighted by atomic mass is 10.1. The number of carbonyl (C=O) groups excluding carboxylic acids is 2. The number of hydrogen-bond donors (Lipinski definition) is 3. The predicted molar refractivity (Wildman–Crippen MR) is 106 cm³/mol. The second kappa shape index (κ2) is 8.05. The molecular weight excluding hydrogens is 342 g/mol. The Balaban J connectivity index is 1.82. The first-order chi connectivity index (χ1) is 13.1. The van der Waals surface area contributed by atoms with E-state index in [-0.39, 0.29) is 11.8 Å². The van der Waals surface area contributed by atoms with Gasteiger partial charge < -0.3 is 21.1 Å². The molecule has 3 aromatic carbocycles. The molecule has 136 valence electrons. The summed E-state index contributed by atoms with van der Waals surface area (Å²) < 4.78 is 5.25. The fourth-order valence-electron chi connectivity index (χ4n) is 2.56. The maximum Gasteiger partial charge on any atom is 0.257 e. The molecule has 0 saturated carbocycles. The van der Waals surface area contributed by atoms with E-state index in [0.717, 1.165) is 0 Å². The van der Waals surface area contributed by atoms with Gasteiger partial charge in [0, 0.05) is 11.3 Å². The van der Waals surface area contributed by atoms with Crippen LogP contribution in [0, 0.1) is 0 Å². The number of anilines is 3. The second-order valence-corrected chi connectivity index (χ2v) is 5.78. The van der Waals surface area contributed by atoms with E-state index in [0.29, 0.717) is 33.9 Å². The maximum absolute atomic E-state index is 12.7. The molecule has 0 unspecified atom stereocenters. The van der Waals surface area contributed by atoms with Crippen LogP contribution in [0.4, 0.5) is 17.1 Å². The molecule has 0 aliphatic heterocycles. The van der Waals surface area contributed by atoms with Crippen LogP contribution in [-0.4, -0.2) is 18.9 Å². The monoisotopic (exact) mass is 361 g/mol. The van der Waals surface area contributed by atoms with Crippen LogP contribution < -0.4 is 21.1 Å². The number of ether oxygens (including phenoxy) is 1. The second-order valence-electron chi connectivity index (χ2n) is 5.78. The lowest BCUT2D eigenvalue weighted by Crippen LogP contribution is -2.18. The minimum Gasteiger partial charge on any atom is -0.495 e. The summed E-state index contributed by atoms with van der Waals surface area (Å²) in [4.78, 5) is 25.2. The molecule has 2 amide bonds. The van der Waals surface area contributed by atoms with Crippen LogP contribution in [0.2, 0.25) is 0 Å². The molecule has 4 N–H and O–H groups in total. The first-order valence-corrected chi connectivity index (χ1v) is 8.29. The molecule has 6 nitrogen and oxygen atoms in total. The zero-order valence-electron chi connectivity index (χ0n) is 14.7. The Bertz CT molecular complexity index is 968. The Morgan fingerprint density at radius 1 is 0.778 bits per heavy atom. The van der Waals surface area contributed by atoms with Gasteiger partial charge in [0.1, 0.15) is 5.75 Å². The van der Waals surface area contributed by atoms with Gasteiger partial charge in [-0.3, -0.25) is 9.59 Å². The number of nitrogens with two attached hydrogens (primary N) is 1. The smallest absolute Gasteiger partial charge is 0.257 e. The molecule has 0 saturated heterocycles. The van der Waals surface area contributed by atoms with Crippen molar-refractivity contribution in [1.82, 2.24) is 0 Å². The van der Waals surface area contributed by atoms with Crippen molar-refractivity contribution in [3.05, 3.63) is 83.9 Å². The number of hydrogen-bond acceptors (Lipinski definition) is 4. The van der Waals surface area contributed by atoms with Gasteiger partial charge in [0.05, 0.1) is 24.0 Å². The number of rotatable bonds is 5. The van der Waals surface area contributed by atoms with Crippen LogP contribution in [0.3, 0.4) is 0 Å². The lowest BCUT2D eigenvalue weighted by molar-refractivity contribution is 0.102. The molecular formula is C21H19N3O3. The van der Waals surface area contributed by atoms with Gasteiger partial charge in [-0.25, -0.2) is 0 Å². The van der Waals surface area contributed by atoms with Crippen molar-refractivity contribution < 1.29 is 14.3 Å². The average Bonchev–Trinajstić information content (AvgIpc) is 2.69. The van der Waals surface area contributed by atoms with Gasteiger partial charge in [-0.05, 0) is 48.5 Å². The maximum atomic E-state index is 12.7. The fourth-order valence-corrected chi connectivity index (χ4v) is 2.56. The van der Waals surface area contributed by atoms with E-state index >= 15 is 0 Å². The third kappa shape index (κ3) is 4.24. The Kier molecular flexibility index (Phi) is 5.37. The summed E-state index contributed by atoms with van der Waals surface area (Å²) in [5.41, 5.74) is 7.96. The Hall–Kier alpha value is -3.80. The van der Waals surface area contributed by atoms with E-state index < -0.39 is 0 Å². The number of benzene rings is 3. The summed E-state index contributed by atoms with van der Waals surface area (Å²) in [7, 11) is 1.53. The first-order valence-electron chi connectivity index (χ1n) is 8.29. The number of nitrogen functional groups attached to an aromatic ring is 1. The van der Waals surface area contributed by atoms with E-state index in [2.05, 4.69) is 10.6 Å². The van der Waals surface area contributed by atoms with E-state index in [1.165, 1.54) is 7.11 Å². The highest BCUT2D eigenvalue weighted by atomic mass is 16.5. The van der Waals surface area contributed by atoms with Gasteiger partial charge in [-0.1, -0.05) is 24.3 Å². The minimum absolute atomic E-state index is 0.326. The molecule has 3 rings (SSSR count). The predicted octanol–water partition coefficient (Wildman–Crippen LogP) is 3.78. The SMILES string of the molecule is COc1ccccc1NC(=O)c1ccccc1NC(=O)c1ccc(N)cc1. The minimum atomic E-state index is -0.354. The van der Waals surface area contributed by atoms with Gasteiger partial charge in [0.15, 0.2) is 0 Å². The van der Waals surface area contributed by atoms with Gasteiger partial charge in [0.25, 0.3) is 11.8 Å². The molecule has 0 aromatic heterocycles. The standard InChI is InChI=1S/C21H19N3O3/c1-27-19-9-5-4-8-18(19)24-21(26)16-6-2-3-7-17(16)23-20(25)14-10-12-15(22)13-11-14/h2-13H,22H2,1H3,(H,23,25)(H,24,26). The molecule has 0 atom stereocenters. The van der Waals surface area contributed by atoms with Crippen LogP contribution >= 0.6 is 0 Å². The van der Waals surface area contributed by atoms with Crippen molar-refractivity contribution in [3.63, 3.8) is 0 Å². The molecule has 0 bridgehead atoms. The van der Waals surface area contributed by atoms with Crippen molar-refractivity contribution in [2.45, 2.75) is 0 Å². The molecule has 0 aliphatic rings. The number of carbonyl (C=O) groups is 2. The van der Waals surface area contributed by atoms with Crippen LogP contribution in [0.1, 0.15) is 20.7 Å². The van der Waals surface area contributed by atoms with Crippen molar-refractivity contribution in [1.29, 1.82) is 0 Å². The van der Waals surface area contributed by atoms with E-state index in [4.69, 9.17) is 10.5 Å². The third-order valence-corrected chi connectivity index (χ3v) is 3.95.